The summed E-state index contributed by atoms with van der Waals surface area (Å²) < 4.78 is 1.93. The Morgan fingerprint density at radius 3 is 2.71 bits per heavy atom. The van der Waals surface area contributed by atoms with Gasteiger partial charge in [-0.3, -0.25) is 5.10 Å². The van der Waals surface area contributed by atoms with Crippen LogP contribution in [0.15, 0.2) is 36.5 Å². The SMILES string of the molecule is Cc1cc2nc(-c3ccc(CN)cc3)cn2[nH]1. The van der Waals surface area contributed by atoms with Crippen molar-refractivity contribution in [3.05, 3.63) is 47.8 Å². The third-order valence-corrected chi connectivity index (χ3v) is 2.86. The summed E-state index contributed by atoms with van der Waals surface area (Å²) in [6.45, 7) is 2.59. The molecule has 0 atom stereocenters. The van der Waals surface area contributed by atoms with Gasteiger partial charge in [-0.1, -0.05) is 24.3 Å². The van der Waals surface area contributed by atoms with Crippen LogP contribution in [-0.2, 0) is 6.54 Å². The average Bonchev–Trinajstić information content (AvgIpc) is 2.86. The van der Waals surface area contributed by atoms with Crippen molar-refractivity contribution in [2.45, 2.75) is 13.5 Å². The number of imidazole rings is 1. The largest absolute Gasteiger partial charge is 0.326 e. The van der Waals surface area contributed by atoms with E-state index < -0.39 is 0 Å². The van der Waals surface area contributed by atoms with Crippen LogP contribution in [0.4, 0.5) is 0 Å². The summed E-state index contributed by atoms with van der Waals surface area (Å²) in [5.74, 6) is 0. The Labute approximate surface area is 99.1 Å². The van der Waals surface area contributed by atoms with E-state index in [9.17, 15) is 0 Å². The standard InChI is InChI=1S/C13H14N4/c1-9-6-13-15-12(8-17(13)16-9)11-4-2-10(7-14)3-5-11/h2-6,8,16H,7,14H2,1H3. The second-order valence-corrected chi connectivity index (χ2v) is 4.19. The smallest absolute Gasteiger partial charge is 0.153 e. The first-order valence-electron chi connectivity index (χ1n) is 5.60. The molecule has 0 bridgehead atoms. The second-order valence-electron chi connectivity index (χ2n) is 4.19. The summed E-state index contributed by atoms with van der Waals surface area (Å²) >= 11 is 0. The highest BCUT2D eigenvalue weighted by Gasteiger charge is 2.05. The predicted octanol–water partition coefficient (Wildman–Crippen LogP) is 2.10. The maximum absolute atomic E-state index is 5.58. The Morgan fingerprint density at radius 2 is 2.06 bits per heavy atom. The quantitative estimate of drug-likeness (QED) is 0.703. The van der Waals surface area contributed by atoms with Crippen LogP contribution in [-0.4, -0.2) is 14.6 Å². The molecule has 0 unspecified atom stereocenters. The fraction of sp³-hybridized carbons (Fsp3) is 0.154. The summed E-state index contributed by atoms with van der Waals surface area (Å²) in [4.78, 5) is 4.56. The molecule has 0 fully saturated rings. The van der Waals surface area contributed by atoms with Gasteiger partial charge in [0.1, 0.15) is 0 Å². The monoisotopic (exact) mass is 226 g/mol. The molecular formula is C13H14N4. The average molecular weight is 226 g/mol. The zero-order valence-electron chi connectivity index (χ0n) is 9.64. The van der Waals surface area contributed by atoms with Crippen LogP contribution in [0.2, 0.25) is 0 Å². The fourth-order valence-electron chi connectivity index (χ4n) is 1.95. The number of fused-ring (bicyclic) bond motifs is 1. The molecule has 2 heterocycles. The second kappa shape index (κ2) is 3.75. The molecular weight excluding hydrogens is 212 g/mol. The Balaban J connectivity index is 2.04. The lowest BCUT2D eigenvalue weighted by atomic mass is 10.1. The maximum atomic E-state index is 5.58. The van der Waals surface area contributed by atoms with Crippen molar-refractivity contribution in [2.24, 2.45) is 5.73 Å². The Bertz CT molecular complexity index is 614. The number of aryl methyl sites for hydroxylation is 1. The highest BCUT2D eigenvalue weighted by atomic mass is 15.3. The van der Waals surface area contributed by atoms with Crippen molar-refractivity contribution in [2.75, 3.05) is 0 Å². The van der Waals surface area contributed by atoms with Crippen molar-refractivity contribution < 1.29 is 0 Å². The first-order valence-corrected chi connectivity index (χ1v) is 5.60. The Morgan fingerprint density at radius 1 is 1.29 bits per heavy atom. The zero-order valence-corrected chi connectivity index (χ0v) is 9.64. The van der Waals surface area contributed by atoms with E-state index >= 15 is 0 Å². The molecule has 3 N–H and O–H groups in total. The molecule has 4 nitrogen and oxygen atoms in total. The van der Waals surface area contributed by atoms with Crippen LogP contribution in [0.3, 0.4) is 0 Å². The molecule has 3 rings (SSSR count). The Kier molecular flexibility index (Phi) is 2.23. The molecule has 4 heteroatoms. The van der Waals surface area contributed by atoms with E-state index in [2.05, 4.69) is 22.2 Å². The van der Waals surface area contributed by atoms with Crippen molar-refractivity contribution in [1.29, 1.82) is 0 Å². The van der Waals surface area contributed by atoms with Gasteiger partial charge in [-0.05, 0) is 12.5 Å². The van der Waals surface area contributed by atoms with E-state index in [1.807, 2.05) is 35.8 Å². The fourth-order valence-corrected chi connectivity index (χ4v) is 1.95. The number of hydrogen-bond acceptors (Lipinski definition) is 2. The van der Waals surface area contributed by atoms with Crippen LogP contribution in [0.1, 0.15) is 11.3 Å². The molecule has 0 aliphatic heterocycles. The highest BCUT2D eigenvalue weighted by Crippen LogP contribution is 2.19. The normalized spacial score (nSPS) is 11.2. The number of hydrogen-bond donors (Lipinski definition) is 2. The molecule has 1 aromatic carbocycles. The number of aromatic amines is 1. The number of rotatable bonds is 2. The van der Waals surface area contributed by atoms with Gasteiger partial charge in [0.25, 0.3) is 0 Å². The molecule has 0 spiro atoms. The van der Waals surface area contributed by atoms with Crippen LogP contribution in [0, 0.1) is 6.92 Å². The van der Waals surface area contributed by atoms with Gasteiger partial charge in [0.2, 0.25) is 0 Å². The van der Waals surface area contributed by atoms with E-state index in [1.54, 1.807) is 0 Å². The van der Waals surface area contributed by atoms with Gasteiger partial charge in [-0.2, -0.15) is 0 Å². The predicted molar refractivity (Wildman–Crippen MR) is 67.6 cm³/mol. The molecule has 2 aromatic heterocycles. The van der Waals surface area contributed by atoms with Crippen LogP contribution in [0.25, 0.3) is 16.9 Å². The van der Waals surface area contributed by atoms with Crippen LogP contribution in [0.5, 0.6) is 0 Å². The minimum atomic E-state index is 0.573. The minimum Gasteiger partial charge on any atom is -0.326 e. The summed E-state index contributed by atoms with van der Waals surface area (Å²) in [7, 11) is 0. The van der Waals surface area contributed by atoms with Gasteiger partial charge >= 0.3 is 0 Å². The molecule has 0 radical (unpaired) electrons. The van der Waals surface area contributed by atoms with E-state index in [0.717, 1.165) is 28.2 Å². The first kappa shape index (κ1) is 10.1. The van der Waals surface area contributed by atoms with Gasteiger partial charge in [0.05, 0.1) is 11.9 Å². The molecule has 17 heavy (non-hydrogen) atoms. The van der Waals surface area contributed by atoms with Crippen molar-refractivity contribution in [3.63, 3.8) is 0 Å². The Hall–Kier alpha value is -2.07. The maximum Gasteiger partial charge on any atom is 0.153 e. The minimum absolute atomic E-state index is 0.573. The van der Waals surface area contributed by atoms with Crippen molar-refractivity contribution in [1.82, 2.24) is 14.6 Å². The van der Waals surface area contributed by atoms with E-state index in [-0.39, 0.29) is 0 Å². The van der Waals surface area contributed by atoms with Gasteiger partial charge in [0, 0.05) is 23.9 Å². The van der Waals surface area contributed by atoms with Crippen molar-refractivity contribution in [3.8, 4) is 11.3 Å². The molecule has 0 amide bonds. The van der Waals surface area contributed by atoms with Crippen molar-refractivity contribution >= 4 is 5.65 Å². The third kappa shape index (κ3) is 1.72. The zero-order chi connectivity index (χ0) is 11.8. The molecule has 0 aliphatic rings. The number of nitrogens with one attached hydrogen (secondary N) is 1. The summed E-state index contributed by atoms with van der Waals surface area (Å²) in [5.41, 5.74) is 10.8. The number of nitrogens with two attached hydrogens (primary N) is 1. The molecule has 0 saturated heterocycles. The molecule has 86 valence electrons. The van der Waals surface area contributed by atoms with Crippen LogP contribution < -0.4 is 5.73 Å². The molecule has 3 aromatic rings. The third-order valence-electron chi connectivity index (χ3n) is 2.86. The lowest BCUT2D eigenvalue weighted by molar-refractivity contribution is 0.945. The first-order chi connectivity index (χ1) is 8.26. The van der Waals surface area contributed by atoms with Gasteiger partial charge in [-0.15, -0.1) is 0 Å². The summed E-state index contributed by atoms with van der Waals surface area (Å²) in [6, 6.07) is 10.2. The van der Waals surface area contributed by atoms with Crippen LogP contribution >= 0.6 is 0 Å². The van der Waals surface area contributed by atoms with E-state index in [0.29, 0.717) is 6.54 Å². The van der Waals surface area contributed by atoms with E-state index in [1.165, 1.54) is 0 Å². The number of benzene rings is 1. The number of nitrogens with zero attached hydrogens (tertiary/aromatic N) is 2. The lowest BCUT2D eigenvalue weighted by Gasteiger charge is -1.98. The number of aromatic nitrogens is 3. The van der Waals surface area contributed by atoms with Gasteiger partial charge in [0.15, 0.2) is 5.65 Å². The molecule has 0 aliphatic carbocycles. The van der Waals surface area contributed by atoms with E-state index in [4.69, 9.17) is 5.73 Å². The highest BCUT2D eigenvalue weighted by molar-refractivity contribution is 5.62. The number of H-pyrrole nitrogens is 1. The van der Waals surface area contributed by atoms with Gasteiger partial charge in [-0.25, -0.2) is 9.50 Å². The lowest BCUT2D eigenvalue weighted by Crippen LogP contribution is -1.95. The summed E-state index contributed by atoms with van der Waals surface area (Å²) in [6.07, 6.45) is 2.00. The van der Waals surface area contributed by atoms with Gasteiger partial charge < -0.3 is 5.73 Å². The molecule has 0 saturated carbocycles. The summed E-state index contributed by atoms with van der Waals surface area (Å²) in [5, 5.41) is 3.21. The topological polar surface area (TPSA) is 59.1 Å².